The number of aliphatic hydroxyl groups is 1. The molecule has 0 saturated carbocycles. The Morgan fingerprint density at radius 3 is 2.31 bits per heavy atom. The summed E-state index contributed by atoms with van der Waals surface area (Å²) in [5, 5.41) is 11.0. The van der Waals surface area contributed by atoms with Crippen LogP contribution in [0.5, 0.6) is 0 Å². The van der Waals surface area contributed by atoms with E-state index in [1.807, 2.05) is 6.92 Å². The Morgan fingerprint density at radius 1 is 1.10 bits per heavy atom. The van der Waals surface area contributed by atoms with Gasteiger partial charge in [0, 0.05) is 31.0 Å². The number of aryl methyl sites for hydroxylation is 1. The Hall–Kier alpha value is -2.35. The van der Waals surface area contributed by atoms with Gasteiger partial charge in [0.1, 0.15) is 5.60 Å². The van der Waals surface area contributed by atoms with E-state index < -0.39 is 27.3 Å². The van der Waals surface area contributed by atoms with Crippen LogP contribution in [0.3, 0.4) is 0 Å². The molecule has 1 aliphatic rings. The smallest absolute Gasteiger partial charge is 0.243 e. The molecular weight excluding hydrogens is 390 g/mol. The topological polar surface area (TPSA) is 91.8 Å². The summed E-state index contributed by atoms with van der Waals surface area (Å²) < 4.78 is 27.4. The maximum Gasteiger partial charge on any atom is 0.243 e. The van der Waals surface area contributed by atoms with Crippen LogP contribution in [0.1, 0.15) is 35.7 Å². The lowest BCUT2D eigenvalue weighted by Crippen LogP contribution is -2.57. The third kappa shape index (κ3) is 4.32. The second kappa shape index (κ2) is 8.18. The number of hydrogen-bond acceptors (Lipinski definition) is 5. The molecule has 0 radical (unpaired) electrons. The number of benzene rings is 2. The van der Waals surface area contributed by atoms with Crippen molar-refractivity contribution < 1.29 is 23.1 Å². The molecule has 7 heteroatoms. The molecule has 0 amide bonds. The number of sulfonamides is 1. The number of carbonyl (C=O) groups is 2. The molecule has 6 nitrogen and oxygen atoms in total. The molecule has 0 bridgehead atoms. The van der Waals surface area contributed by atoms with Gasteiger partial charge in [-0.2, -0.15) is 4.31 Å². The summed E-state index contributed by atoms with van der Waals surface area (Å²) in [6, 6.07) is 15.1. The van der Waals surface area contributed by atoms with Gasteiger partial charge >= 0.3 is 0 Å². The Morgan fingerprint density at radius 2 is 1.72 bits per heavy atom. The van der Waals surface area contributed by atoms with Crippen LogP contribution in [0.4, 0.5) is 0 Å². The molecule has 2 aromatic rings. The molecule has 3 rings (SSSR count). The number of carbonyl (C=O) groups excluding carboxylic acids is 2. The van der Waals surface area contributed by atoms with Crippen LogP contribution in [0, 0.1) is 12.8 Å². The lowest BCUT2D eigenvalue weighted by atomic mass is 9.76. The Balaban J connectivity index is 1.88. The van der Waals surface area contributed by atoms with Crippen molar-refractivity contribution in [3.8, 4) is 0 Å². The van der Waals surface area contributed by atoms with Crippen LogP contribution < -0.4 is 0 Å². The Labute approximate surface area is 171 Å². The number of rotatable bonds is 6. The molecule has 154 valence electrons. The van der Waals surface area contributed by atoms with E-state index in [0.29, 0.717) is 5.56 Å². The lowest BCUT2D eigenvalue weighted by Gasteiger charge is -2.42. The highest BCUT2D eigenvalue weighted by atomic mass is 32.2. The summed E-state index contributed by atoms with van der Waals surface area (Å²) in [6.07, 6.45) is -0.153. The van der Waals surface area contributed by atoms with E-state index in [-0.39, 0.29) is 36.6 Å². The summed E-state index contributed by atoms with van der Waals surface area (Å²) in [6.45, 7) is 3.08. The van der Waals surface area contributed by atoms with Gasteiger partial charge in [0.15, 0.2) is 11.6 Å². The highest BCUT2D eigenvalue weighted by molar-refractivity contribution is 7.89. The van der Waals surface area contributed by atoms with E-state index in [4.69, 9.17) is 0 Å². The average Bonchev–Trinajstić information content (AvgIpc) is 2.70. The van der Waals surface area contributed by atoms with Crippen molar-refractivity contribution in [3.05, 3.63) is 65.7 Å². The minimum atomic E-state index is -3.79. The summed E-state index contributed by atoms with van der Waals surface area (Å²) in [4.78, 5) is 25.0. The molecule has 1 aliphatic heterocycles. The lowest BCUT2D eigenvalue weighted by molar-refractivity contribution is -0.146. The fourth-order valence-corrected chi connectivity index (χ4v) is 5.21. The maximum atomic E-state index is 13.1. The SMILES string of the molecule is CC(=O)[C@@]1(O)CCN(S(=O)(=O)c2ccc(C)cc2)C[C@@H]1CC(=O)c1ccccc1. The third-order valence-corrected chi connectivity index (χ3v) is 7.52. The van der Waals surface area contributed by atoms with Crippen LogP contribution in [0.15, 0.2) is 59.5 Å². The van der Waals surface area contributed by atoms with Gasteiger partial charge in [-0.1, -0.05) is 48.0 Å². The van der Waals surface area contributed by atoms with Crippen LogP contribution in [0.25, 0.3) is 0 Å². The van der Waals surface area contributed by atoms with E-state index in [1.54, 1.807) is 54.6 Å². The zero-order valence-electron chi connectivity index (χ0n) is 16.5. The average molecular weight is 416 g/mol. The van der Waals surface area contributed by atoms with Crippen LogP contribution in [0.2, 0.25) is 0 Å². The van der Waals surface area contributed by atoms with Gasteiger partial charge in [0.25, 0.3) is 0 Å². The molecule has 0 spiro atoms. The molecule has 2 aromatic carbocycles. The highest BCUT2D eigenvalue weighted by Gasteiger charge is 2.48. The van der Waals surface area contributed by atoms with Crippen molar-refractivity contribution in [3.63, 3.8) is 0 Å². The molecule has 29 heavy (non-hydrogen) atoms. The second-order valence-corrected chi connectivity index (χ2v) is 9.53. The van der Waals surface area contributed by atoms with Crippen LogP contribution in [-0.4, -0.2) is 48.1 Å². The first-order valence-corrected chi connectivity index (χ1v) is 11.0. The normalized spacial score (nSPS) is 22.9. The first kappa shape index (κ1) is 21.4. The van der Waals surface area contributed by atoms with Crippen LogP contribution in [-0.2, 0) is 14.8 Å². The van der Waals surface area contributed by atoms with Gasteiger partial charge in [-0.15, -0.1) is 0 Å². The maximum absolute atomic E-state index is 13.1. The molecule has 0 unspecified atom stereocenters. The predicted molar refractivity (Wildman–Crippen MR) is 109 cm³/mol. The molecule has 1 fully saturated rings. The van der Waals surface area contributed by atoms with E-state index >= 15 is 0 Å². The first-order valence-electron chi connectivity index (χ1n) is 9.53. The van der Waals surface area contributed by atoms with Crippen LogP contribution >= 0.6 is 0 Å². The van der Waals surface area contributed by atoms with Crippen molar-refractivity contribution in [2.75, 3.05) is 13.1 Å². The van der Waals surface area contributed by atoms with Crippen molar-refractivity contribution >= 4 is 21.6 Å². The van der Waals surface area contributed by atoms with Gasteiger partial charge in [0.2, 0.25) is 10.0 Å². The van der Waals surface area contributed by atoms with Gasteiger partial charge in [0.05, 0.1) is 4.90 Å². The first-order chi connectivity index (χ1) is 13.6. The number of piperidine rings is 1. The number of ketones is 2. The van der Waals surface area contributed by atoms with Gasteiger partial charge in [-0.3, -0.25) is 9.59 Å². The van der Waals surface area contributed by atoms with E-state index in [9.17, 15) is 23.1 Å². The van der Waals surface area contributed by atoms with Gasteiger partial charge in [-0.25, -0.2) is 8.42 Å². The second-order valence-electron chi connectivity index (χ2n) is 7.60. The molecule has 2 atom stereocenters. The number of nitrogens with zero attached hydrogens (tertiary/aromatic N) is 1. The molecule has 0 aromatic heterocycles. The van der Waals surface area contributed by atoms with Crippen molar-refractivity contribution in [1.82, 2.24) is 4.31 Å². The number of hydrogen-bond donors (Lipinski definition) is 1. The molecular formula is C22H25NO5S. The summed E-state index contributed by atoms with van der Waals surface area (Å²) >= 11 is 0. The van der Waals surface area contributed by atoms with Gasteiger partial charge < -0.3 is 5.11 Å². The summed E-state index contributed by atoms with van der Waals surface area (Å²) in [5.74, 6) is -1.50. The fourth-order valence-electron chi connectivity index (χ4n) is 3.73. The standard InChI is InChI=1S/C22H25NO5S/c1-16-8-10-20(11-9-16)29(27,28)23-13-12-22(26,17(2)24)19(15-23)14-21(25)18-6-4-3-5-7-18/h3-11,19,26H,12-15H2,1-2H3/t19-,22-/m0/s1. The minimum absolute atomic E-state index is 0.0162. The largest absolute Gasteiger partial charge is 0.382 e. The summed E-state index contributed by atoms with van der Waals surface area (Å²) in [7, 11) is -3.79. The zero-order chi connectivity index (χ0) is 21.2. The van der Waals surface area contributed by atoms with E-state index in [0.717, 1.165) is 5.56 Å². The Bertz CT molecular complexity index is 1000. The molecule has 1 saturated heterocycles. The predicted octanol–water partition coefficient (Wildman–Crippen LogP) is 2.60. The third-order valence-electron chi connectivity index (χ3n) is 5.64. The van der Waals surface area contributed by atoms with Crippen molar-refractivity contribution in [2.24, 2.45) is 5.92 Å². The quantitative estimate of drug-likeness (QED) is 0.732. The highest BCUT2D eigenvalue weighted by Crippen LogP contribution is 2.35. The van der Waals surface area contributed by atoms with E-state index in [2.05, 4.69) is 0 Å². The summed E-state index contributed by atoms with van der Waals surface area (Å²) in [5.41, 5.74) is -0.305. The van der Waals surface area contributed by atoms with E-state index in [1.165, 1.54) is 11.2 Å². The van der Waals surface area contributed by atoms with Gasteiger partial charge in [-0.05, 0) is 32.4 Å². The minimum Gasteiger partial charge on any atom is -0.382 e. The molecule has 0 aliphatic carbocycles. The molecule has 1 heterocycles. The monoisotopic (exact) mass is 415 g/mol. The number of Topliss-reactive ketones (excluding diaryl/α,β-unsaturated/α-hetero) is 2. The van der Waals surface area contributed by atoms with Crippen molar-refractivity contribution in [1.29, 1.82) is 0 Å². The molecule has 1 N–H and O–H groups in total. The van der Waals surface area contributed by atoms with Crippen molar-refractivity contribution in [2.45, 2.75) is 37.2 Å². The fraction of sp³-hybridized carbons (Fsp3) is 0.364. The Kier molecular flexibility index (Phi) is 6.03. The zero-order valence-corrected chi connectivity index (χ0v) is 17.4.